The van der Waals surface area contributed by atoms with Gasteiger partial charge in [0.25, 0.3) is 0 Å². The van der Waals surface area contributed by atoms with Gasteiger partial charge in [0.2, 0.25) is 11.8 Å². The monoisotopic (exact) mass is 394 g/mol. The molecule has 0 aromatic heterocycles. The number of piperazine rings is 1. The van der Waals surface area contributed by atoms with Crippen molar-refractivity contribution in [1.29, 1.82) is 0 Å². The number of nitrogens with zero attached hydrogens (tertiary/aromatic N) is 2. The number of methoxy groups -OCH3 is 1. The molecule has 2 amide bonds. The number of rotatable bonds is 7. The third-order valence-electron chi connectivity index (χ3n) is 5.06. The van der Waals surface area contributed by atoms with Crippen LogP contribution in [0.25, 0.3) is 0 Å². The summed E-state index contributed by atoms with van der Waals surface area (Å²) in [5.74, 6) is 0.576. The minimum atomic E-state index is -0.281. The number of carbonyl (C=O) groups excluding carboxylic acids is 2. The van der Waals surface area contributed by atoms with Crippen molar-refractivity contribution in [2.75, 3.05) is 45.2 Å². The lowest BCUT2D eigenvalue weighted by Crippen LogP contribution is -2.54. The molecule has 0 unspecified atom stereocenters. The van der Waals surface area contributed by atoms with Crippen LogP contribution in [0.5, 0.6) is 5.75 Å². The smallest absolute Gasteiger partial charge is 0.241 e. The van der Waals surface area contributed by atoms with E-state index < -0.39 is 0 Å². The Balaban J connectivity index is 1.48. The zero-order valence-corrected chi connectivity index (χ0v) is 16.6. The molecule has 2 fully saturated rings. The highest BCUT2D eigenvalue weighted by atomic mass is 35.5. The molecule has 1 saturated carbocycles. The maximum absolute atomic E-state index is 12.6. The van der Waals surface area contributed by atoms with Crippen LogP contribution >= 0.6 is 11.6 Å². The van der Waals surface area contributed by atoms with Gasteiger partial charge >= 0.3 is 0 Å². The Labute approximate surface area is 165 Å². The first-order chi connectivity index (χ1) is 13.0. The van der Waals surface area contributed by atoms with Crippen LogP contribution in [-0.4, -0.2) is 73.5 Å². The number of benzene rings is 1. The third-order valence-corrected chi connectivity index (χ3v) is 5.30. The lowest BCUT2D eigenvalue weighted by molar-refractivity contribution is -0.124. The number of carbonyl (C=O) groups is 2. The third kappa shape index (κ3) is 5.57. The summed E-state index contributed by atoms with van der Waals surface area (Å²) in [5.41, 5.74) is 0.567. The Kier molecular flexibility index (Phi) is 6.57. The standard InChI is InChI=1S/C19H27ClN4O3/c1-13(19(26)22-16-11-14(20)3-6-17(16)27-2)24-9-7-23(8-10-24)12-18(25)21-15-4-5-15/h3,6,11,13,15H,4-5,7-10,12H2,1-2H3,(H,21,25)(H,22,26)/t13-/m1/s1. The van der Waals surface area contributed by atoms with Gasteiger partial charge in [-0.25, -0.2) is 0 Å². The largest absolute Gasteiger partial charge is 0.495 e. The highest BCUT2D eigenvalue weighted by Gasteiger charge is 2.28. The number of ether oxygens (including phenoxy) is 1. The van der Waals surface area contributed by atoms with E-state index in [1.807, 2.05) is 6.92 Å². The molecule has 2 N–H and O–H groups in total. The molecule has 0 bridgehead atoms. The van der Waals surface area contributed by atoms with Crippen LogP contribution in [0.3, 0.4) is 0 Å². The molecule has 1 atom stereocenters. The summed E-state index contributed by atoms with van der Waals surface area (Å²) in [4.78, 5) is 28.8. The number of halogens is 1. The molecule has 8 heteroatoms. The van der Waals surface area contributed by atoms with E-state index in [1.165, 1.54) is 0 Å². The minimum Gasteiger partial charge on any atom is -0.495 e. The highest BCUT2D eigenvalue weighted by molar-refractivity contribution is 6.31. The lowest BCUT2D eigenvalue weighted by atomic mass is 10.2. The molecule has 0 spiro atoms. The number of hydrogen-bond acceptors (Lipinski definition) is 5. The molecule has 0 radical (unpaired) electrons. The van der Waals surface area contributed by atoms with Crippen molar-refractivity contribution in [1.82, 2.24) is 15.1 Å². The quantitative estimate of drug-likeness (QED) is 0.734. The average Bonchev–Trinajstić information content (AvgIpc) is 3.45. The molecular weight excluding hydrogens is 368 g/mol. The zero-order valence-electron chi connectivity index (χ0n) is 15.8. The summed E-state index contributed by atoms with van der Waals surface area (Å²) in [6.07, 6.45) is 2.20. The molecule has 1 aliphatic carbocycles. The fourth-order valence-corrected chi connectivity index (χ4v) is 3.37. The van der Waals surface area contributed by atoms with Gasteiger partial charge in [0, 0.05) is 37.2 Å². The predicted molar refractivity (Wildman–Crippen MR) is 105 cm³/mol. The van der Waals surface area contributed by atoms with Crippen LogP contribution in [-0.2, 0) is 9.59 Å². The van der Waals surface area contributed by atoms with Crippen molar-refractivity contribution in [3.63, 3.8) is 0 Å². The van der Waals surface area contributed by atoms with E-state index in [1.54, 1.807) is 25.3 Å². The SMILES string of the molecule is COc1ccc(Cl)cc1NC(=O)[C@@H](C)N1CCN(CC(=O)NC2CC2)CC1. The van der Waals surface area contributed by atoms with Crippen molar-refractivity contribution in [3.05, 3.63) is 23.2 Å². The van der Waals surface area contributed by atoms with E-state index in [4.69, 9.17) is 16.3 Å². The second-order valence-corrected chi connectivity index (χ2v) is 7.60. The molecule has 148 valence electrons. The summed E-state index contributed by atoms with van der Waals surface area (Å²) in [6, 6.07) is 5.25. The number of amides is 2. The van der Waals surface area contributed by atoms with Crippen LogP contribution in [0.15, 0.2) is 18.2 Å². The molecule has 1 heterocycles. The summed E-state index contributed by atoms with van der Waals surface area (Å²) in [6.45, 7) is 5.37. The Bertz CT molecular complexity index is 688. The van der Waals surface area contributed by atoms with Crippen molar-refractivity contribution in [2.24, 2.45) is 0 Å². The van der Waals surface area contributed by atoms with E-state index in [0.29, 0.717) is 29.0 Å². The van der Waals surface area contributed by atoms with Crippen molar-refractivity contribution in [2.45, 2.75) is 31.8 Å². The van der Waals surface area contributed by atoms with Gasteiger partial charge in [-0.3, -0.25) is 19.4 Å². The molecule has 7 nitrogen and oxygen atoms in total. The molecule has 1 saturated heterocycles. The number of hydrogen-bond donors (Lipinski definition) is 2. The van der Waals surface area contributed by atoms with E-state index in [0.717, 1.165) is 39.0 Å². The van der Waals surface area contributed by atoms with Crippen molar-refractivity contribution in [3.8, 4) is 5.75 Å². The molecule has 1 aromatic rings. The molecule has 2 aliphatic rings. The van der Waals surface area contributed by atoms with E-state index >= 15 is 0 Å². The van der Waals surface area contributed by atoms with Gasteiger partial charge in [0.1, 0.15) is 5.75 Å². The van der Waals surface area contributed by atoms with Crippen LogP contribution in [0.2, 0.25) is 5.02 Å². The van der Waals surface area contributed by atoms with Gasteiger partial charge in [-0.05, 0) is 38.0 Å². The first kappa shape index (κ1) is 19.9. The van der Waals surface area contributed by atoms with Gasteiger partial charge in [-0.1, -0.05) is 11.6 Å². The van der Waals surface area contributed by atoms with Crippen LogP contribution in [0, 0.1) is 0 Å². The number of nitrogens with one attached hydrogen (secondary N) is 2. The van der Waals surface area contributed by atoms with Crippen LogP contribution < -0.4 is 15.4 Å². The van der Waals surface area contributed by atoms with E-state index in [2.05, 4.69) is 20.4 Å². The van der Waals surface area contributed by atoms with Gasteiger partial charge in [-0.2, -0.15) is 0 Å². The first-order valence-corrected chi connectivity index (χ1v) is 9.74. The summed E-state index contributed by atoms with van der Waals surface area (Å²) in [7, 11) is 1.56. The average molecular weight is 395 g/mol. The minimum absolute atomic E-state index is 0.101. The van der Waals surface area contributed by atoms with E-state index in [9.17, 15) is 9.59 Å². The zero-order chi connectivity index (χ0) is 19.4. The Morgan fingerprint density at radius 3 is 2.59 bits per heavy atom. The van der Waals surface area contributed by atoms with Crippen molar-refractivity contribution < 1.29 is 14.3 Å². The number of anilines is 1. The molecule has 27 heavy (non-hydrogen) atoms. The Morgan fingerprint density at radius 1 is 1.26 bits per heavy atom. The Morgan fingerprint density at radius 2 is 1.96 bits per heavy atom. The second kappa shape index (κ2) is 8.91. The van der Waals surface area contributed by atoms with Gasteiger partial charge in [-0.15, -0.1) is 0 Å². The van der Waals surface area contributed by atoms with Crippen molar-refractivity contribution >= 4 is 29.1 Å². The van der Waals surface area contributed by atoms with Gasteiger partial charge in [0.05, 0.1) is 25.4 Å². The Hall–Kier alpha value is -1.83. The van der Waals surface area contributed by atoms with Gasteiger partial charge in [0.15, 0.2) is 0 Å². The van der Waals surface area contributed by atoms with Crippen LogP contribution in [0.1, 0.15) is 19.8 Å². The molecule has 1 aliphatic heterocycles. The first-order valence-electron chi connectivity index (χ1n) is 9.36. The fraction of sp³-hybridized carbons (Fsp3) is 0.579. The van der Waals surface area contributed by atoms with E-state index in [-0.39, 0.29) is 17.9 Å². The normalized spacial score (nSPS) is 19.4. The lowest BCUT2D eigenvalue weighted by Gasteiger charge is -2.37. The summed E-state index contributed by atoms with van der Waals surface area (Å²) < 4.78 is 5.28. The maximum atomic E-state index is 12.6. The fourth-order valence-electron chi connectivity index (χ4n) is 3.19. The molecular formula is C19H27ClN4O3. The molecule has 3 rings (SSSR count). The van der Waals surface area contributed by atoms with Gasteiger partial charge < -0.3 is 15.4 Å². The molecule has 1 aromatic carbocycles. The predicted octanol–water partition coefficient (Wildman–Crippen LogP) is 1.57. The topological polar surface area (TPSA) is 73.9 Å². The summed E-state index contributed by atoms with van der Waals surface area (Å²) in [5, 5.41) is 6.46. The summed E-state index contributed by atoms with van der Waals surface area (Å²) >= 11 is 6.02. The highest BCUT2D eigenvalue weighted by Crippen LogP contribution is 2.28. The maximum Gasteiger partial charge on any atom is 0.241 e. The second-order valence-electron chi connectivity index (χ2n) is 7.16. The van der Waals surface area contributed by atoms with Crippen LogP contribution in [0.4, 0.5) is 5.69 Å².